The van der Waals surface area contributed by atoms with Crippen molar-refractivity contribution in [1.82, 2.24) is 5.32 Å². The molecule has 1 heterocycles. The van der Waals surface area contributed by atoms with Crippen molar-refractivity contribution in [2.24, 2.45) is 11.3 Å². The van der Waals surface area contributed by atoms with Crippen LogP contribution < -0.4 is 5.32 Å². The fourth-order valence-corrected chi connectivity index (χ4v) is 2.88. The Morgan fingerprint density at radius 1 is 1.41 bits per heavy atom. The first-order valence-corrected chi connectivity index (χ1v) is 7.22. The molecule has 0 aliphatic rings. The molecule has 3 heteroatoms. The Bertz CT molecular complexity index is 306. The molecule has 1 aromatic rings. The number of rotatable bonds is 7. The van der Waals surface area contributed by atoms with Gasteiger partial charge in [0.05, 0.1) is 0 Å². The molecule has 2 N–H and O–H groups in total. The van der Waals surface area contributed by atoms with E-state index in [1.54, 1.807) is 0 Å². The van der Waals surface area contributed by atoms with E-state index in [-0.39, 0.29) is 12.0 Å². The van der Waals surface area contributed by atoms with Crippen LogP contribution in [-0.2, 0) is 0 Å². The molecule has 0 aromatic carbocycles. The topological polar surface area (TPSA) is 32.3 Å². The SMILES string of the molecule is CC(C)C(NCC(C)(C)CCO)c1cccs1. The lowest BCUT2D eigenvalue weighted by atomic mass is 9.89. The van der Waals surface area contributed by atoms with E-state index in [0.717, 1.165) is 13.0 Å². The van der Waals surface area contributed by atoms with Crippen LogP contribution >= 0.6 is 11.3 Å². The number of hydrogen-bond donors (Lipinski definition) is 2. The Labute approximate surface area is 109 Å². The van der Waals surface area contributed by atoms with Crippen molar-refractivity contribution in [3.8, 4) is 0 Å². The van der Waals surface area contributed by atoms with Crippen LogP contribution in [0.1, 0.15) is 45.0 Å². The van der Waals surface area contributed by atoms with Gasteiger partial charge in [0.25, 0.3) is 0 Å². The molecule has 98 valence electrons. The lowest BCUT2D eigenvalue weighted by Gasteiger charge is -2.29. The van der Waals surface area contributed by atoms with E-state index in [2.05, 4.69) is 50.5 Å². The molecule has 1 atom stereocenters. The largest absolute Gasteiger partial charge is 0.396 e. The first kappa shape index (κ1) is 14.7. The predicted molar refractivity (Wildman–Crippen MR) is 75.4 cm³/mol. The van der Waals surface area contributed by atoms with Gasteiger partial charge in [0.2, 0.25) is 0 Å². The van der Waals surface area contributed by atoms with Crippen molar-refractivity contribution in [2.75, 3.05) is 13.2 Å². The lowest BCUT2D eigenvalue weighted by Crippen LogP contribution is -2.34. The van der Waals surface area contributed by atoms with Gasteiger partial charge in [0, 0.05) is 24.1 Å². The summed E-state index contributed by atoms with van der Waals surface area (Å²) in [6.07, 6.45) is 0.843. The molecule has 0 bridgehead atoms. The Morgan fingerprint density at radius 2 is 2.12 bits per heavy atom. The van der Waals surface area contributed by atoms with Gasteiger partial charge in [-0.15, -0.1) is 11.3 Å². The Hall–Kier alpha value is -0.380. The summed E-state index contributed by atoms with van der Waals surface area (Å²) in [5.74, 6) is 0.582. The molecular weight excluding hydrogens is 230 g/mol. The minimum absolute atomic E-state index is 0.152. The number of hydrogen-bond acceptors (Lipinski definition) is 3. The van der Waals surface area contributed by atoms with Gasteiger partial charge in [0.15, 0.2) is 0 Å². The Morgan fingerprint density at radius 3 is 2.59 bits per heavy atom. The predicted octanol–water partition coefficient (Wildman–Crippen LogP) is 3.44. The third-order valence-electron chi connectivity index (χ3n) is 3.11. The van der Waals surface area contributed by atoms with Crippen molar-refractivity contribution in [2.45, 2.75) is 40.2 Å². The maximum Gasteiger partial charge on any atom is 0.0438 e. The van der Waals surface area contributed by atoms with Crippen LogP contribution in [0, 0.1) is 11.3 Å². The van der Waals surface area contributed by atoms with E-state index in [1.165, 1.54) is 4.88 Å². The first-order valence-electron chi connectivity index (χ1n) is 6.34. The van der Waals surface area contributed by atoms with Crippen molar-refractivity contribution in [3.63, 3.8) is 0 Å². The standard InChI is InChI=1S/C14H25NOS/c1-11(2)13(12-6-5-9-17-12)15-10-14(3,4)7-8-16/h5-6,9,11,13,15-16H,7-8,10H2,1-4H3. The number of aliphatic hydroxyl groups excluding tert-OH is 1. The number of aliphatic hydroxyl groups is 1. The van der Waals surface area contributed by atoms with E-state index in [0.29, 0.717) is 12.0 Å². The van der Waals surface area contributed by atoms with Crippen LogP contribution in [0.5, 0.6) is 0 Å². The third kappa shape index (κ3) is 4.78. The summed E-state index contributed by atoms with van der Waals surface area (Å²) in [4.78, 5) is 1.40. The van der Waals surface area contributed by atoms with E-state index in [4.69, 9.17) is 5.11 Å². The minimum Gasteiger partial charge on any atom is -0.396 e. The quantitative estimate of drug-likeness (QED) is 0.782. The van der Waals surface area contributed by atoms with Crippen LogP contribution in [0.25, 0.3) is 0 Å². The molecule has 1 rings (SSSR count). The van der Waals surface area contributed by atoms with Crippen LogP contribution in [0.15, 0.2) is 17.5 Å². The Kier molecular flexibility index (Phi) is 5.63. The second-order valence-electron chi connectivity index (χ2n) is 5.76. The smallest absolute Gasteiger partial charge is 0.0438 e. The van der Waals surface area contributed by atoms with Gasteiger partial charge in [-0.25, -0.2) is 0 Å². The fraction of sp³-hybridized carbons (Fsp3) is 0.714. The zero-order valence-corrected chi connectivity index (χ0v) is 12.2. The van der Waals surface area contributed by atoms with E-state index >= 15 is 0 Å². The van der Waals surface area contributed by atoms with Gasteiger partial charge in [-0.05, 0) is 29.2 Å². The van der Waals surface area contributed by atoms with Gasteiger partial charge >= 0.3 is 0 Å². The highest BCUT2D eigenvalue weighted by Gasteiger charge is 2.22. The Balaban J connectivity index is 2.57. The van der Waals surface area contributed by atoms with E-state index in [9.17, 15) is 0 Å². The van der Waals surface area contributed by atoms with Crippen molar-refractivity contribution in [1.29, 1.82) is 0 Å². The molecule has 0 saturated carbocycles. The van der Waals surface area contributed by atoms with Crippen molar-refractivity contribution >= 4 is 11.3 Å². The molecule has 0 aliphatic heterocycles. The molecule has 0 saturated heterocycles. The fourth-order valence-electron chi connectivity index (χ4n) is 1.91. The molecule has 0 fully saturated rings. The zero-order chi connectivity index (χ0) is 12.9. The molecule has 1 aromatic heterocycles. The molecule has 2 nitrogen and oxygen atoms in total. The van der Waals surface area contributed by atoms with Crippen LogP contribution in [0.2, 0.25) is 0 Å². The summed E-state index contributed by atoms with van der Waals surface area (Å²) in [6.45, 7) is 10.1. The van der Waals surface area contributed by atoms with Gasteiger partial charge in [0.1, 0.15) is 0 Å². The van der Waals surface area contributed by atoms with Gasteiger partial charge in [-0.3, -0.25) is 0 Å². The summed E-state index contributed by atoms with van der Waals surface area (Å²) >= 11 is 1.81. The monoisotopic (exact) mass is 255 g/mol. The van der Waals surface area contributed by atoms with Crippen molar-refractivity contribution < 1.29 is 5.11 Å². The maximum atomic E-state index is 9.03. The van der Waals surface area contributed by atoms with Crippen molar-refractivity contribution in [3.05, 3.63) is 22.4 Å². The first-order chi connectivity index (χ1) is 7.96. The maximum absolute atomic E-state index is 9.03. The second kappa shape index (κ2) is 6.53. The molecule has 0 radical (unpaired) electrons. The average Bonchev–Trinajstić information content (AvgIpc) is 2.70. The highest BCUT2D eigenvalue weighted by molar-refractivity contribution is 7.10. The summed E-state index contributed by atoms with van der Waals surface area (Å²) < 4.78 is 0. The van der Waals surface area contributed by atoms with Gasteiger partial charge < -0.3 is 10.4 Å². The van der Waals surface area contributed by atoms with Gasteiger partial charge in [-0.1, -0.05) is 33.8 Å². The summed E-state index contributed by atoms with van der Waals surface area (Å²) in [5, 5.41) is 14.8. The van der Waals surface area contributed by atoms with Crippen LogP contribution in [0.3, 0.4) is 0 Å². The highest BCUT2D eigenvalue weighted by Crippen LogP contribution is 2.27. The number of nitrogens with one attached hydrogen (secondary N) is 1. The second-order valence-corrected chi connectivity index (χ2v) is 6.74. The normalized spacial score (nSPS) is 14.2. The van der Waals surface area contributed by atoms with E-state index in [1.807, 2.05) is 11.3 Å². The summed E-state index contributed by atoms with van der Waals surface area (Å²) in [7, 11) is 0. The zero-order valence-electron chi connectivity index (χ0n) is 11.4. The molecule has 17 heavy (non-hydrogen) atoms. The molecule has 0 spiro atoms. The highest BCUT2D eigenvalue weighted by atomic mass is 32.1. The molecule has 0 amide bonds. The molecule has 0 aliphatic carbocycles. The van der Waals surface area contributed by atoms with Gasteiger partial charge in [-0.2, -0.15) is 0 Å². The lowest BCUT2D eigenvalue weighted by molar-refractivity contribution is 0.199. The molecule has 1 unspecified atom stereocenters. The average molecular weight is 255 g/mol. The van der Waals surface area contributed by atoms with Crippen LogP contribution in [0.4, 0.5) is 0 Å². The summed E-state index contributed by atoms with van der Waals surface area (Å²) in [5.41, 5.74) is 0.152. The molecular formula is C14H25NOS. The van der Waals surface area contributed by atoms with Crippen LogP contribution in [-0.4, -0.2) is 18.3 Å². The van der Waals surface area contributed by atoms with E-state index < -0.39 is 0 Å². The third-order valence-corrected chi connectivity index (χ3v) is 4.06. The number of thiophene rings is 1. The summed E-state index contributed by atoms with van der Waals surface area (Å²) in [6, 6.07) is 4.73. The minimum atomic E-state index is 0.152.